The summed E-state index contributed by atoms with van der Waals surface area (Å²) in [6.45, 7) is 6.25. The van der Waals surface area contributed by atoms with Crippen LogP contribution in [0.15, 0.2) is 24.3 Å². The standard InChI is InChI=1S/C15H22ClNO/c1-5-11(3)12-9-7-8-10-14(12)17(4)15(18)13(16)6-2/h7-11,13H,5-6H2,1-4H3. The molecule has 0 saturated carbocycles. The monoisotopic (exact) mass is 267 g/mol. The van der Waals surface area contributed by atoms with Crippen molar-refractivity contribution >= 4 is 23.2 Å². The minimum absolute atomic E-state index is 0.0325. The zero-order valence-electron chi connectivity index (χ0n) is 11.6. The second-order valence-corrected chi connectivity index (χ2v) is 5.17. The molecule has 0 aromatic heterocycles. The molecule has 2 atom stereocenters. The lowest BCUT2D eigenvalue weighted by Gasteiger charge is -2.24. The van der Waals surface area contributed by atoms with E-state index < -0.39 is 5.38 Å². The number of nitrogens with zero attached hydrogens (tertiary/aromatic N) is 1. The SMILES string of the molecule is CCC(Cl)C(=O)N(C)c1ccccc1C(C)CC. The third kappa shape index (κ3) is 3.26. The van der Waals surface area contributed by atoms with Crippen LogP contribution in [0.5, 0.6) is 0 Å². The first-order valence-corrected chi connectivity index (χ1v) is 6.97. The molecular weight excluding hydrogens is 246 g/mol. The van der Waals surface area contributed by atoms with E-state index in [0.29, 0.717) is 12.3 Å². The summed E-state index contributed by atoms with van der Waals surface area (Å²) in [5.74, 6) is 0.404. The third-order valence-electron chi connectivity index (χ3n) is 3.40. The molecule has 0 fully saturated rings. The van der Waals surface area contributed by atoms with Gasteiger partial charge in [0.05, 0.1) is 0 Å². The molecule has 2 nitrogen and oxygen atoms in total. The quantitative estimate of drug-likeness (QED) is 0.733. The topological polar surface area (TPSA) is 20.3 Å². The number of hydrogen-bond acceptors (Lipinski definition) is 1. The number of anilines is 1. The number of hydrogen-bond donors (Lipinski definition) is 0. The van der Waals surface area contributed by atoms with E-state index in [0.717, 1.165) is 12.1 Å². The van der Waals surface area contributed by atoms with Crippen LogP contribution >= 0.6 is 11.6 Å². The van der Waals surface area contributed by atoms with Crippen molar-refractivity contribution in [1.82, 2.24) is 0 Å². The van der Waals surface area contributed by atoms with E-state index in [4.69, 9.17) is 11.6 Å². The van der Waals surface area contributed by atoms with Gasteiger partial charge >= 0.3 is 0 Å². The van der Waals surface area contributed by atoms with Crippen molar-refractivity contribution in [3.05, 3.63) is 29.8 Å². The van der Waals surface area contributed by atoms with E-state index in [9.17, 15) is 4.79 Å². The van der Waals surface area contributed by atoms with E-state index in [2.05, 4.69) is 19.9 Å². The molecule has 1 rings (SSSR count). The van der Waals surface area contributed by atoms with Crippen LogP contribution in [-0.4, -0.2) is 18.3 Å². The Bertz CT molecular complexity index is 405. The van der Waals surface area contributed by atoms with Gasteiger partial charge in [0.25, 0.3) is 0 Å². The number of benzene rings is 1. The van der Waals surface area contributed by atoms with E-state index >= 15 is 0 Å². The predicted octanol–water partition coefficient (Wildman–Crippen LogP) is 4.18. The summed E-state index contributed by atoms with van der Waals surface area (Å²) in [5, 5.41) is -0.444. The molecule has 3 heteroatoms. The van der Waals surface area contributed by atoms with Crippen molar-refractivity contribution < 1.29 is 4.79 Å². The van der Waals surface area contributed by atoms with Gasteiger partial charge in [0.2, 0.25) is 5.91 Å². The van der Waals surface area contributed by atoms with Gasteiger partial charge in [-0.2, -0.15) is 0 Å². The molecule has 0 N–H and O–H groups in total. The Morgan fingerprint density at radius 1 is 1.28 bits per heavy atom. The molecule has 0 radical (unpaired) electrons. The van der Waals surface area contributed by atoms with Gasteiger partial charge in [-0.1, -0.05) is 39.0 Å². The fourth-order valence-corrected chi connectivity index (χ4v) is 2.08. The molecule has 1 amide bonds. The van der Waals surface area contributed by atoms with Crippen molar-refractivity contribution in [1.29, 1.82) is 0 Å². The van der Waals surface area contributed by atoms with Crippen LogP contribution in [0, 0.1) is 0 Å². The molecule has 0 heterocycles. The maximum Gasteiger partial charge on any atom is 0.244 e. The highest BCUT2D eigenvalue weighted by Gasteiger charge is 2.21. The Balaban J connectivity index is 3.05. The maximum atomic E-state index is 12.1. The van der Waals surface area contributed by atoms with Crippen molar-refractivity contribution in [3.8, 4) is 0 Å². The molecule has 2 unspecified atom stereocenters. The highest BCUT2D eigenvalue weighted by atomic mass is 35.5. The van der Waals surface area contributed by atoms with Crippen LogP contribution in [0.2, 0.25) is 0 Å². The second kappa shape index (κ2) is 6.79. The summed E-state index contributed by atoms with van der Waals surface area (Å²) in [6.07, 6.45) is 1.70. The van der Waals surface area contributed by atoms with Crippen molar-refractivity contribution in [2.45, 2.75) is 44.9 Å². The van der Waals surface area contributed by atoms with Gasteiger partial charge in [-0.15, -0.1) is 11.6 Å². The average molecular weight is 268 g/mol. The van der Waals surface area contributed by atoms with Gasteiger partial charge in [0.1, 0.15) is 5.38 Å². The number of carbonyl (C=O) groups is 1. The Morgan fingerprint density at radius 3 is 2.44 bits per heavy atom. The first-order chi connectivity index (χ1) is 8.52. The summed E-state index contributed by atoms with van der Waals surface area (Å²) < 4.78 is 0. The molecule has 0 spiro atoms. The Kier molecular flexibility index (Phi) is 5.67. The zero-order valence-corrected chi connectivity index (χ0v) is 12.4. The summed E-state index contributed by atoms with van der Waals surface area (Å²) in [7, 11) is 1.80. The maximum absolute atomic E-state index is 12.1. The van der Waals surface area contributed by atoms with E-state index in [1.54, 1.807) is 11.9 Å². The van der Waals surface area contributed by atoms with Gasteiger partial charge in [-0.25, -0.2) is 0 Å². The fourth-order valence-electron chi connectivity index (χ4n) is 1.93. The summed E-state index contributed by atoms with van der Waals surface area (Å²) in [6, 6.07) is 8.04. The molecule has 1 aromatic rings. The van der Waals surface area contributed by atoms with Crippen LogP contribution in [0.25, 0.3) is 0 Å². The molecule has 0 aliphatic carbocycles. The largest absolute Gasteiger partial charge is 0.314 e. The molecule has 0 aliphatic rings. The number of rotatable bonds is 5. The van der Waals surface area contributed by atoms with Crippen molar-refractivity contribution in [2.75, 3.05) is 11.9 Å². The van der Waals surface area contributed by atoms with Crippen LogP contribution < -0.4 is 4.90 Å². The van der Waals surface area contributed by atoms with Crippen LogP contribution in [0.3, 0.4) is 0 Å². The predicted molar refractivity (Wildman–Crippen MR) is 78.5 cm³/mol. The number of alkyl halides is 1. The smallest absolute Gasteiger partial charge is 0.244 e. The first kappa shape index (κ1) is 15.0. The Morgan fingerprint density at radius 2 is 1.89 bits per heavy atom. The molecule has 0 aliphatic heterocycles. The fraction of sp³-hybridized carbons (Fsp3) is 0.533. The lowest BCUT2D eigenvalue weighted by atomic mass is 9.96. The minimum Gasteiger partial charge on any atom is -0.314 e. The first-order valence-electron chi connectivity index (χ1n) is 6.53. The van der Waals surface area contributed by atoms with Crippen LogP contribution in [0.1, 0.15) is 45.1 Å². The molecule has 0 saturated heterocycles. The zero-order chi connectivity index (χ0) is 13.7. The molecule has 100 valence electrons. The van der Waals surface area contributed by atoms with E-state index in [-0.39, 0.29) is 5.91 Å². The van der Waals surface area contributed by atoms with E-state index in [1.165, 1.54) is 5.56 Å². The number of carbonyl (C=O) groups excluding carboxylic acids is 1. The van der Waals surface area contributed by atoms with Crippen LogP contribution in [0.4, 0.5) is 5.69 Å². The highest BCUT2D eigenvalue weighted by Crippen LogP contribution is 2.29. The third-order valence-corrected chi connectivity index (χ3v) is 3.89. The van der Waals surface area contributed by atoms with Gasteiger partial charge in [0, 0.05) is 12.7 Å². The lowest BCUT2D eigenvalue weighted by molar-refractivity contribution is -0.118. The van der Waals surface area contributed by atoms with Gasteiger partial charge < -0.3 is 4.90 Å². The molecule has 18 heavy (non-hydrogen) atoms. The Labute approximate surface area is 115 Å². The normalized spacial score (nSPS) is 14.1. The number of amides is 1. The lowest BCUT2D eigenvalue weighted by Crippen LogP contribution is -2.34. The van der Waals surface area contributed by atoms with Gasteiger partial charge in [0.15, 0.2) is 0 Å². The van der Waals surface area contributed by atoms with Gasteiger partial charge in [-0.05, 0) is 30.4 Å². The number of halogens is 1. The minimum atomic E-state index is -0.444. The molecular formula is C15H22ClNO. The average Bonchev–Trinajstić information content (AvgIpc) is 2.43. The Hall–Kier alpha value is -1.02. The van der Waals surface area contributed by atoms with Gasteiger partial charge in [-0.3, -0.25) is 4.79 Å². The van der Waals surface area contributed by atoms with Crippen molar-refractivity contribution in [2.24, 2.45) is 0 Å². The molecule has 0 bridgehead atoms. The van der Waals surface area contributed by atoms with Crippen LogP contribution in [-0.2, 0) is 4.79 Å². The van der Waals surface area contributed by atoms with Crippen molar-refractivity contribution in [3.63, 3.8) is 0 Å². The second-order valence-electron chi connectivity index (χ2n) is 4.64. The van der Waals surface area contributed by atoms with E-state index in [1.807, 2.05) is 25.1 Å². The number of para-hydroxylation sites is 1. The summed E-state index contributed by atoms with van der Waals surface area (Å²) in [5.41, 5.74) is 2.17. The summed E-state index contributed by atoms with van der Waals surface area (Å²) in [4.78, 5) is 13.8. The summed E-state index contributed by atoms with van der Waals surface area (Å²) >= 11 is 6.04. The molecule has 1 aromatic carbocycles. The highest BCUT2D eigenvalue weighted by molar-refractivity contribution is 6.32.